The van der Waals surface area contributed by atoms with Gasteiger partial charge in [0.05, 0.1) is 12.1 Å². The fourth-order valence-corrected chi connectivity index (χ4v) is 5.02. The van der Waals surface area contributed by atoms with Gasteiger partial charge in [0.15, 0.2) is 0 Å². The summed E-state index contributed by atoms with van der Waals surface area (Å²) in [5.74, 6) is 0.924. The van der Waals surface area contributed by atoms with Crippen molar-refractivity contribution in [2.45, 2.75) is 76.0 Å². The number of hydrogen-bond acceptors (Lipinski definition) is 6. The van der Waals surface area contributed by atoms with Crippen LogP contribution in [0.15, 0.2) is 16.9 Å². The predicted octanol–water partition coefficient (Wildman–Crippen LogP) is 1.62. The first-order chi connectivity index (χ1) is 14.6. The van der Waals surface area contributed by atoms with Gasteiger partial charge in [-0.05, 0) is 51.0 Å². The van der Waals surface area contributed by atoms with E-state index < -0.39 is 6.10 Å². The fourth-order valence-electron chi connectivity index (χ4n) is 5.02. The van der Waals surface area contributed by atoms with Crippen molar-refractivity contribution in [1.29, 1.82) is 0 Å². The summed E-state index contributed by atoms with van der Waals surface area (Å²) in [6.45, 7) is 2.76. The molecule has 0 radical (unpaired) electrons. The molecule has 8 nitrogen and oxygen atoms in total. The summed E-state index contributed by atoms with van der Waals surface area (Å²) in [6, 6.07) is 3.27. The first-order valence-corrected chi connectivity index (χ1v) is 11.5. The number of nitrogens with zero attached hydrogens (tertiary/aromatic N) is 3. The van der Waals surface area contributed by atoms with Crippen LogP contribution in [0.4, 0.5) is 5.82 Å². The first kappa shape index (κ1) is 21.3. The highest BCUT2D eigenvalue weighted by Crippen LogP contribution is 2.28. The molecule has 3 aliphatic rings. The molecule has 1 aliphatic carbocycles. The van der Waals surface area contributed by atoms with Crippen LogP contribution in [-0.4, -0.2) is 59.2 Å². The Morgan fingerprint density at radius 2 is 1.87 bits per heavy atom. The lowest BCUT2D eigenvalue weighted by Crippen LogP contribution is -2.49. The Morgan fingerprint density at radius 3 is 2.67 bits per heavy atom. The molecule has 4 rings (SSSR count). The minimum Gasteiger partial charge on any atom is -0.391 e. The van der Waals surface area contributed by atoms with Crippen LogP contribution in [-0.2, 0) is 9.53 Å². The van der Waals surface area contributed by atoms with Crippen LogP contribution >= 0.6 is 0 Å². The van der Waals surface area contributed by atoms with Crippen molar-refractivity contribution in [2.75, 3.05) is 31.2 Å². The Labute approximate surface area is 177 Å². The third-order valence-electron chi connectivity index (χ3n) is 6.84. The van der Waals surface area contributed by atoms with E-state index in [1.165, 1.54) is 4.68 Å². The minimum atomic E-state index is -0.518. The predicted molar refractivity (Wildman–Crippen MR) is 114 cm³/mol. The fraction of sp³-hybridized carbons (Fsp3) is 0.773. The van der Waals surface area contributed by atoms with Crippen LogP contribution in [0.2, 0.25) is 0 Å². The lowest BCUT2D eigenvalue weighted by molar-refractivity contribution is -0.127. The maximum atomic E-state index is 12.6. The number of ether oxygens (including phenoxy) is 1. The SMILES string of the molecule is O=C(NCC1CCCCN1c1ccc(=O)n(C2CCCCC2O)n1)C1CCOCC1. The van der Waals surface area contributed by atoms with Crippen LogP contribution in [0.25, 0.3) is 0 Å². The molecule has 2 saturated heterocycles. The number of nitrogens with one attached hydrogen (secondary N) is 1. The molecule has 0 aromatic carbocycles. The van der Waals surface area contributed by atoms with Crippen molar-refractivity contribution >= 4 is 11.7 Å². The molecule has 3 unspecified atom stereocenters. The molecule has 1 aromatic heterocycles. The van der Waals surface area contributed by atoms with Crippen LogP contribution in [0.5, 0.6) is 0 Å². The van der Waals surface area contributed by atoms with Gasteiger partial charge in [0.25, 0.3) is 5.56 Å². The average molecular weight is 419 g/mol. The highest BCUT2D eigenvalue weighted by molar-refractivity contribution is 5.78. The largest absolute Gasteiger partial charge is 0.391 e. The Kier molecular flexibility index (Phi) is 7.04. The Balaban J connectivity index is 1.46. The average Bonchev–Trinajstić information content (AvgIpc) is 2.79. The van der Waals surface area contributed by atoms with E-state index in [-0.39, 0.29) is 29.5 Å². The smallest absolute Gasteiger partial charge is 0.267 e. The molecule has 3 heterocycles. The molecule has 3 fully saturated rings. The van der Waals surface area contributed by atoms with Crippen LogP contribution in [0, 0.1) is 5.92 Å². The van der Waals surface area contributed by atoms with Gasteiger partial charge in [-0.25, -0.2) is 4.68 Å². The van der Waals surface area contributed by atoms with Crippen molar-refractivity contribution < 1.29 is 14.6 Å². The number of anilines is 1. The van der Waals surface area contributed by atoms with E-state index in [0.29, 0.717) is 26.2 Å². The van der Waals surface area contributed by atoms with Gasteiger partial charge < -0.3 is 20.1 Å². The number of carbonyl (C=O) groups excluding carboxylic acids is 1. The van der Waals surface area contributed by atoms with Crippen molar-refractivity contribution in [2.24, 2.45) is 5.92 Å². The number of aliphatic hydroxyl groups excluding tert-OH is 1. The Morgan fingerprint density at radius 1 is 1.10 bits per heavy atom. The molecule has 30 heavy (non-hydrogen) atoms. The third kappa shape index (κ3) is 4.86. The van der Waals surface area contributed by atoms with Gasteiger partial charge in [-0.3, -0.25) is 9.59 Å². The molecule has 1 saturated carbocycles. The van der Waals surface area contributed by atoms with Gasteiger partial charge in [0.1, 0.15) is 5.82 Å². The number of aromatic nitrogens is 2. The van der Waals surface area contributed by atoms with Gasteiger partial charge in [-0.1, -0.05) is 12.8 Å². The van der Waals surface area contributed by atoms with Crippen molar-refractivity contribution in [3.05, 3.63) is 22.5 Å². The van der Waals surface area contributed by atoms with E-state index in [1.807, 2.05) is 0 Å². The summed E-state index contributed by atoms with van der Waals surface area (Å²) in [4.78, 5) is 27.2. The van der Waals surface area contributed by atoms with Crippen LogP contribution in [0.1, 0.15) is 63.8 Å². The van der Waals surface area contributed by atoms with Crippen LogP contribution in [0.3, 0.4) is 0 Å². The zero-order valence-electron chi connectivity index (χ0n) is 17.7. The molecular weight excluding hydrogens is 384 g/mol. The summed E-state index contributed by atoms with van der Waals surface area (Å²) >= 11 is 0. The molecule has 2 aliphatic heterocycles. The summed E-state index contributed by atoms with van der Waals surface area (Å²) in [7, 11) is 0. The number of amides is 1. The normalized spacial score (nSPS) is 28.3. The summed E-state index contributed by atoms with van der Waals surface area (Å²) in [5, 5.41) is 18.2. The summed E-state index contributed by atoms with van der Waals surface area (Å²) < 4.78 is 6.85. The zero-order valence-corrected chi connectivity index (χ0v) is 17.7. The Bertz CT molecular complexity index is 777. The van der Waals surface area contributed by atoms with E-state index in [9.17, 15) is 14.7 Å². The van der Waals surface area contributed by atoms with Gasteiger partial charge in [0.2, 0.25) is 5.91 Å². The van der Waals surface area contributed by atoms with E-state index >= 15 is 0 Å². The molecular formula is C22H34N4O4. The quantitative estimate of drug-likeness (QED) is 0.754. The van der Waals surface area contributed by atoms with Crippen molar-refractivity contribution in [1.82, 2.24) is 15.1 Å². The highest BCUT2D eigenvalue weighted by atomic mass is 16.5. The molecule has 1 amide bonds. The molecule has 1 aromatic rings. The maximum Gasteiger partial charge on any atom is 0.267 e. The standard InChI is InChI=1S/C22H34N4O4/c27-19-7-2-1-6-18(19)26-21(28)9-8-20(24-26)25-12-4-3-5-17(25)15-23-22(29)16-10-13-30-14-11-16/h8-9,16-19,27H,1-7,10-15H2,(H,23,29). The number of rotatable bonds is 5. The number of aliphatic hydroxyl groups is 1. The maximum absolute atomic E-state index is 12.6. The number of carbonyl (C=O) groups is 1. The molecule has 0 bridgehead atoms. The lowest BCUT2D eigenvalue weighted by Gasteiger charge is -2.37. The zero-order chi connectivity index (χ0) is 20.9. The highest BCUT2D eigenvalue weighted by Gasteiger charge is 2.29. The van der Waals surface area contributed by atoms with Gasteiger partial charge in [-0.2, -0.15) is 5.10 Å². The molecule has 0 spiro atoms. The van der Waals surface area contributed by atoms with Crippen molar-refractivity contribution in [3.8, 4) is 0 Å². The second-order valence-corrected chi connectivity index (χ2v) is 8.87. The molecule has 2 N–H and O–H groups in total. The number of piperidine rings is 1. The molecule has 166 valence electrons. The van der Waals surface area contributed by atoms with Gasteiger partial charge >= 0.3 is 0 Å². The second-order valence-electron chi connectivity index (χ2n) is 8.87. The topological polar surface area (TPSA) is 96.7 Å². The van der Waals surface area contributed by atoms with E-state index in [2.05, 4.69) is 15.3 Å². The monoisotopic (exact) mass is 418 g/mol. The van der Waals surface area contributed by atoms with Gasteiger partial charge in [0, 0.05) is 44.3 Å². The van der Waals surface area contributed by atoms with Crippen molar-refractivity contribution in [3.63, 3.8) is 0 Å². The third-order valence-corrected chi connectivity index (χ3v) is 6.84. The summed E-state index contributed by atoms with van der Waals surface area (Å²) in [5.41, 5.74) is -0.161. The Hall–Kier alpha value is -1.93. The summed E-state index contributed by atoms with van der Waals surface area (Å²) in [6.07, 6.45) is 7.73. The lowest BCUT2D eigenvalue weighted by atomic mass is 9.93. The van der Waals surface area contributed by atoms with Crippen LogP contribution < -0.4 is 15.8 Å². The molecule has 8 heteroatoms. The second kappa shape index (κ2) is 9.92. The van der Waals surface area contributed by atoms with Gasteiger partial charge in [-0.15, -0.1) is 0 Å². The number of hydrogen-bond donors (Lipinski definition) is 2. The molecule has 3 atom stereocenters. The van der Waals surface area contributed by atoms with E-state index in [1.54, 1.807) is 12.1 Å². The van der Waals surface area contributed by atoms with E-state index in [4.69, 9.17) is 4.74 Å². The minimum absolute atomic E-state index is 0.0450. The van der Waals surface area contributed by atoms with E-state index in [0.717, 1.165) is 63.7 Å². The first-order valence-electron chi connectivity index (χ1n) is 11.5.